The van der Waals surface area contributed by atoms with Gasteiger partial charge in [-0.25, -0.2) is 0 Å². The highest BCUT2D eigenvalue weighted by Crippen LogP contribution is 2.32. The largest absolute Gasteiger partial charge is 0.416 e. The van der Waals surface area contributed by atoms with Crippen LogP contribution in [0.2, 0.25) is 19.6 Å². The fraction of sp³-hybridized carbons (Fsp3) is 0.190. The number of hydrogen-bond acceptors (Lipinski definition) is 2. The lowest BCUT2D eigenvalue weighted by Gasteiger charge is -2.14. The van der Waals surface area contributed by atoms with Crippen molar-refractivity contribution in [3.05, 3.63) is 70.0 Å². The second-order valence-corrected chi connectivity index (χ2v) is 12.3. The Kier molecular flexibility index (Phi) is 4.85. The van der Waals surface area contributed by atoms with Crippen LogP contribution in [0.25, 0.3) is 16.6 Å². The van der Waals surface area contributed by atoms with Crippen molar-refractivity contribution in [3.63, 3.8) is 0 Å². The van der Waals surface area contributed by atoms with E-state index in [1.807, 2.05) is 0 Å². The summed E-state index contributed by atoms with van der Waals surface area (Å²) in [5.41, 5.74) is 9.27. The molecule has 0 bridgehead atoms. The number of anilines is 1. The molecule has 0 aliphatic carbocycles. The van der Waals surface area contributed by atoms with E-state index in [2.05, 4.69) is 31.1 Å². The minimum absolute atomic E-state index is 0.112. The lowest BCUT2D eigenvalue weighted by atomic mass is 10.1. The monoisotopic (exact) mass is 400 g/mol. The van der Waals surface area contributed by atoms with Gasteiger partial charge in [0.1, 0.15) is 8.07 Å². The highest BCUT2D eigenvalue weighted by Gasteiger charge is 2.31. The summed E-state index contributed by atoms with van der Waals surface area (Å²) in [5.74, 6) is 3.11. The molecule has 3 rings (SSSR count). The first-order chi connectivity index (χ1) is 13.0. The van der Waals surface area contributed by atoms with Gasteiger partial charge in [-0.15, -0.1) is 5.54 Å². The standard InChI is InChI=1S/C21H19F3N2OSi/c1-28(2,3)11-10-14-4-7-16(8-5-14)26-19-12-15(21(22,23)24)6-9-17(19)18(25)13-20(26)27/h4-9,12-13H,25H2,1-3H3. The highest BCUT2D eigenvalue weighted by molar-refractivity contribution is 6.83. The summed E-state index contributed by atoms with van der Waals surface area (Å²) >= 11 is 0. The molecule has 2 N–H and O–H groups in total. The zero-order valence-corrected chi connectivity index (χ0v) is 16.7. The number of halogens is 3. The summed E-state index contributed by atoms with van der Waals surface area (Å²) in [7, 11) is -1.53. The van der Waals surface area contributed by atoms with E-state index in [9.17, 15) is 18.0 Å². The van der Waals surface area contributed by atoms with Crippen LogP contribution in [0.15, 0.2) is 53.3 Å². The number of benzene rings is 2. The molecule has 0 spiro atoms. The van der Waals surface area contributed by atoms with Crippen LogP contribution in [-0.4, -0.2) is 12.6 Å². The highest BCUT2D eigenvalue weighted by atomic mass is 28.3. The average molecular weight is 400 g/mol. The Hall–Kier alpha value is -2.98. The summed E-state index contributed by atoms with van der Waals surface area (Å²) < 4.78 is 40.7. The molecule has 28 heavy (non-hydrogen) atoms. The zero-order chi connectivity index (χ0) is 20.7. The first-order valence-electron chi connectivity index (χ1n) is 8.62. The second-order valence-electron chi connectivity index (χ2n) is 7.55. The molecule has 0 amide bonds. The van der Waals surface area contributed by atoms with Gasteiger partial charge in [-0.1, -0.05) is 31.6 Å². The Morgan fingerprint density at radius 1 is 1.00 bits per heavy atom. The Morgan fingerprint density at radius 2 is 1.64 bits per heavy atom. The summed E-state index contributed by atoms with van der Waals surface area (Å²) in [4.78, 5) is 12.5. The Balaban J connectivity index is 2.19. The van der Waals surface area contributed by atoms with Crippen LogP contribution in [0.3, 0.4) is 0 Å². The lowest BCUT2D eigenvalue weighted by Crippen LogP contribution is -2.19. The lowest BCUT2D eigenvalue weighted by molar-refractivity contribution is -0.137. The van der Waals surface area contributed by atoms with E-state index in [1.54, 1.807) is 24.3 Å². The minimum Gasteiger partial charge on any atom is -0.398 e. The number of nitrogens with zero attached hydrogens (tertiary/aromatic N) is 1. The number of pyridine rings is 1. The SMILES string of the molecule is C[Si](C)(C)C#Cc1ccc(-n2c(=O)cc(N)c3ccc(C(F)(F)F)cc32)cc1. The molecular weight excluding hydrogens is 381 g/mol. The average Bonchev–Trinajstić information content (AvgIpc) is 2.59. The Bertz CT molecular complexity index is 1160. The molecule has 0 atom stereocenters. The van der Waals surface area contributed by atoms with E-state index in [1.165, 1.54) is 16.7 Å². The molecular formula is C21H19F3N2OSi. The number of rotatable bonds is 1. The van der Waals surface area contributed by atoms with Crippen LogP contribution in [0.1, 0.15) is 11.1 Å². The van der Waals surface area contributed by atoms with Crippen molar-refractivity contribution in [2.24, 2.45) is 0 Å². The van der Waals surface area contributed by atoms with Crippen LogP contribution in [0.4, 0.5) is 18.9 Å². The smallest absolute Gasteiger partial charge is 0.398 e. The summed E-state index contributed by atoms with van der Waals surface area (Å²) in [6.45, 7) is 6.39. The van der Waals surface area contributed by atoms with E-state index in [0.717, 1.165) is 17.7 Å². The molecule has 3 nitrogen and oxygen atoms in total. The predicted octanol–water partition coefficient (Wildman–Crippen LogP) is 4.82. The molecule has 7 heteroatoms. The molecule has 0 radical (unpaired) electrons. The van der Waals surface area contributed by atoms with Gasteiger partial charge < -0.3 is 5.73 Å². The van der Waals surface area contributed by atoms with Gasteiger partial charge in [0, 0.05) is 28.4 Å². The van der Waals surface area contributed by atoms with Crippen LogP contribution < -0.4 is 11.3 Å². The normalized spacial score (nSPS) is 11.9. The van der Waals surface area contributed by atoms with Crippen molar-refractivity contribution < 1.29 is 13.2 Å². The summed E-state index contributed by atoms with van der Waals surface area (Å²) in [6.07, 6.45) is -4.52. The van der Waals surface area contributed by atoms with Crippen molar-refractivity contribution in [1.82, 2.24) is 4.57 Å². The van der Waals surface area contributed by atoms with Crippen LogP contribution in [-0.2, 0) is 6.18 Å². The molecule has 0 saturated carbocycles. The number of fused-ring (bicyclic) bond motifs is 1. The summed E-state index contributed by atoms with van der Waals surface area (Å²) in [6, 6.07) is 11.3. The van der Waals surface area contributed by atoms with E-state index in [4.69, 9.17) is 5.73 Å². The number of hydrogen-bond donors (Lipinski definition) is 1. The van der Waals surface area contributed by atoms with Crippen molar-refractivity contribution in [3.8, 4) is 17.2 Å². The van der Waals surface area contributed by atoms with Crippen molar-refractivity contribution in [2.45, 2.75) is 25.8 Å². The molecule has 0 unspecified atom stereocenters. The fourth-order valence-electron chi connectivity index (χ4n) is 2.75. The molecule has 0 fully saturated rings. The van der Waals surface area contributed by atoms with Gasteiger partial charge in [0.05, 0.1) is 11.1 Å². The third kappa shape index (κ3) is 4.12. The quantitative estimate of drug-likeness (QED) is 0.470. The maximum Gasteiger partial charge on any atom is 0.416 e. The Labute approximate surface area is 161 Å². The third-order valence-corrected chi connectivity index (χ3v) is 4.96. The third-order valence-electron chi connectivity index (χ3n) is 4.08. The first kappa shape index (κ1) is 19.8. The summed E-state index contributed by atoms with van der Waals surface area (Å²) in [5, 5.41) is 0.384. The van der Waals surface area contributed by atoms with Crippen LogP contribution >= 0.6 is 0 Å². The number of aromatic nitrogens is 1. The number of nitrogen functional groups attached to an aromatic ring is 1. The maximum absolute atomic E-state index is 13.2. The topological polar surface area (TPSA) is 48.0 Å². The van der Waals surface area contributed by atoms with Crippen molar-refractivity contribution >= 4 is 24.7 Å². The predicted molar refractivity (Wildman–Crippen MR) is 109 cm³/mol. The number of alkyl halides is 3. The molecule has 2 aromatic carbocycles. The van der Waals surface area contributed by atoms with Gasteiger partial charge in [0.15, 0.2) is 0 Å². The van der Waals surface area contributed by atoms with Gasteiger partial charge in [0.2, 0.25) is 0 Å². The molecule has 1 heterocycles. The maximum atomic E-state index is 13.2. The number of nitrogens with two attached hydrogens (primary N) is 1. The molecule has 1 aromatic heterocycles. The van der Waals surface area contributed by atoms with E-state index >= 15 is 0 Å². The van der Waals surface area contributed by atoms with Crippen LogP contribution in [0, 0.1) is 11.5 Å². The van der Waals surface area contributed by atoms with Gasteiger partial charge in [-0.3, -0.25) is 9.36 Å². The van der Waals surface area contributed by atoms with E-state index in [0.29, 0.717) is 11.1 Å². The van der Waals surface area contributed by atoms with Gasteiger partial charge in [-0.2, -0.15) is 13.2 Å². The second kappa shape index (κ2) is 6.88. The van der Waals surface area contributed by atoms with Crippen molar-refractivity contribution in [1.29, 1.82) is 0 Å². The van der Waals surface area contributed by atoms with Gasteiger partial charge >= 0.3 is 6.18 Å². The molecule has 0 aliphatic rings. The van der Waals surface area contributed by atoms with Crippen molar-refractivity contribution in [2.75, 3.05) is 5.73 Å². The fourth-order valence-corrected chi connectivity index (χ4v) is 3.27. The minimum atomic E-state index is -4.52. The molecule has 0 saturated heterocycles. The van der Waals surface area contributed by atoms with E-state index in [-0.39, 0.29) is 11.2 Å². The van der Waals surface area contributed by atoms with Crippen LogP contribution in [0.5, 0.6) is 0 Å². The Morgan fingerprint density at radius 3 is 2.21 bits per heavy atom. The first-order valence-corrected chi connectivity index (χ1v) is 12.1. The zero-order valence-electron chi connectivity index (χ0n) is 15.7. The molecule has 0 aliphatic heterocycles. The van der Waals surface area contributed by atoms with E-state index < -0.39 is 25.4 Å². The van der Waals surface area contributed by atoms with Gasteiger partial charge in [-0.05, 0) is 36.4 Å². The molecule has 144 valence electrons. The molecule has 3 aromatic rings. The van der Waals surface area contributed by atoms with Gasteiger partial charge in [0.25, 0.3) is 5.56 Å².